The second-order valence-electron chi connectivity index (χ2n) is 4.81. The van der Waals surface area contributed by atoms with Gasteiger partial charge in [0.15, 0.2) is 0 Å². The first-order valence-electron chi connectivity index (χ1n) is 6.80. The van der Waals surface area contributed by atoms with Crippen molar-refractivity contribution in [2.75, 3.05) is 29.7 Å². The Kier molecular flexibility index (Phi) is 7.97. The fourth-order valence-corrected chi connectivity index (χ4v) is 2.29. The molecule has 1 rings (SSSR count). The van der Waals surface area contributed by atoms with E-state index in [9.17, 15) is 4.79 Å². The number of hydrogen-bond acceptors (Lipinski definition) is 3. The van der Waals surface area contributed by atoms with Crippen molar-refractivity contribution in [3.8, 4) is 0 Å². The average Bonchev–Trinajstić information content (AvgIpc) is 2.44. The summed E-state index contributed by atoms with van der Waals surface area (Å²) in [5, 5.41) is 0. The minimum atomic E-state index is -0.420. The summed E-state index contributed by atoms with van der Waals surface area (Å²) in [6, 6.07) is 7.70. The first-order valence-corrected chi connectivity index (χ1v) is 7.87. The van der Waals surface area contributed by atoms with Crippen molar-refractivity contribution in [3.63, 3.8) is 0 Å². The number of alkyl halides is 2. The zero-order valence-corrected chi connectivity index (χ0v) is 13.3. The molecular weight excluding hydrogens is 295 g/mol. The SMILES string of the molecule is CC(=O)[C@@H](N)Cc1ccc(N(CCCl)CCCCl)cc1. The van der Waals surface area contributed by atoms with E-state index < -0.39 is 6.04 Å². The van der Waals surface area contributed by atoms with Gasteiger partial charge in [0.2, 0.25) is 0 Å². The number of anilines is 1. The van der Waals surface area contributed by atoms with Crippen LogP contribution in [-0.2, 0) is 11.2 Å². The zero-order chi connectivity index (χ0) is 15.0. The Labute approximate surface area is 131 Å². The van der Waals surface area contributed by atoms with Crippen molar-refractivity contribution in [2.45, 2.75) is 25.8 Å². The van der Waals surface area contributed by atoms with E-state index in [0.717, 1.165) is 30.8 Å². The Bertz CT molecular complexity index is 409. The maximum Gasteiger partial charge on any atom is 0.146 e. The normalized spacial score (nSPS) is 12.2. The third-order valence-electron chi connectivity index (χ3n) is 3.20. The number of rotatable bonds is 9. The van der Waals surface area contributed by atoms with Gasteiger partial charge in [-0.2, -0.15) is 0 Å². The molecular formula is C15H22Cl2N2O. The summed E-state index contributed by atoms with van der Waals surface area (Å²) in [6.07, 6.45) is 1.50. The summed E-state index contributed by atoms with van der Waals surface area (Å²) in [5.41, 5.74) is 7.96. The lowest BCUT2D eigenvalue weighted by molar-refractivity contribution is -0.118. The monoisotopic (exact) mass is 316 g/mol. The topological polar surface area (TPSA) is 46.3 Å². The van der Waals surface area contributed by atoms with E-state index in [4.69, 9.17) is 28.9 Å². The number of nitrogens with two attached hydrogens (primary N) is 1. The van der Waals surface area contributed by atoms with Gasteiger partial charge < -0.3 is 10.6 Å². The molecule has 0 aliphatic carbocycles. The van der Waals surface area contributed by atoms with E-state index in [-0.39, 0.29) is 5.78 Å². The number of benzene rings is 1. The largest absolute Gasteiger partial charge is 0.370 e. The Morgan fingerprint density at radius 2 is 1.85 bits per heavy atom. The highest BCUT2D eigenvalue weighted by Gasteiger charge is 2.10. The van der Waals surface area contributed by atoms with Crippen LogP contribution in [0.2, 0.25) is 0 Å². The van der Waals surface area contributed by atoms with Crippen molar-refractivity contribution < 1.29 is 4.79 Å². The van der Waals surface area contributed by atoms with Crippen LogP contribution in [0.15, 0.2) is 24.3 Å². The van der Waals surface area contributed by atoms with Crippen LogP contribution in [0, 0.1) is 0 Å². The number of Topliss-reactive ketones (excluding diaryl/α,β-unsaturated/α-hetero) is 1. The van der Waals surface area contributed by atoms with Gasteiger partial charge in [0.25, 0.3) is 0 Å². The molecule has 0 bridgehead atoms. The number of carbonyl (C=O) groups is 1. The maximum atomic E-state index is 11.2. The molecule has 2 N–H and O–H groups in total. The fourth-order valence-electron chi connectivity index (χ4n) is 1.96. The average molecular weight is 317 g/mol. The molecule has 0 amide bonds. The van der Waals surface area contributed by atoms with Gasteiger partial charge >= 0.3 is 0 Å². The van der Waals surface area contributed by atoms with Crippen molar-refractivity contribution in [2.24, 2.45) is 5.73 Å². The number of carbonyl (C=O) groups excluding carboxylic acids is 1. The van der Waals surface area contributed by atoms with Gasteiger partial charge in [-0.1, -0.05) is 12.1 Å². The smallest absolute Gasteiger partial charge is 0.146 e. The molecule has 0 aliphatic heterocycles. The lowest BCUT2D eigenvalue weighted by atomic mass is 10.0. The van der Waals surface area contributed by atoms with Gasteiger partial charge in [0, 0.05) is 30.5 Å². The van der Waals surface area contributed by atoms with Crippen LogP contribution in [0.25, 0.3) is 0 Å². The minimum Gasteiger partial charge on any atom is -0.370 e. The van der Waals surface area contributed by atoms with Gasteiger partial charge in [-0.25, -0.2) is 0 Å². The number of hydrogen-bond donors (Lipinski definition) is 1. The van der Waals surface area contributed by atoms with Gasteiger partial charge in [0.1, 0.15) is 5.78 Å². The summed E-state index contributed by atoms with van der Waals surface area (Å²) in [6.45, 7) is 3.21. The Balaban J connectivity index is 2.69. The first kappa shape index (κ1) is 17.3. The van der Waals surface area contributed by atoms with Crippen LogP contribution < -0.4 is 10.6 Å². The van der Waals surface area contributed by atoms with Crippen LogP contribution in [0.1, 0.15) is 18.9 Å². The number of halogens is 2. The van der Waals surface area contributed by atoms with Gasteiger partial charge in [0.05, 0.1) is 6.04 Å². The number of nitrogens with zero attached hydrogens (tertiary/aromatic N) is 1. The molecule has 1 aromatic rings. The molecule has 3 nitrogen and oxygen atoms in total. The summed E-state index contributed by atoms with van der Waals surface area (Å²) in [7, 11) is 0. The molecule has 112 valence electrons. The van der Waals surface area contributed by atoms with E-state index in [1.165, 1.54) is 6.92 Å². The van der Waals surface area contributed by atoms with E-state index in [1.54, 1.807) is 0 Å². The molecule has 0 unspecified atom stereocenters. The van der Waals surface area contributed by atoms with Gasteiger partial charge in [-0.3, -0.25) is 4.79 Å². The standard InChI is InChI=1S/C15H22Cl2N2O/c1-12(20)15(18)11-13-3-5-14(6-4-13)19(10-8-17)9-2-7-16/h3-6,15H,2,7-11,18H2,1H3/t15-/m0/s1. The molecule has 0 saturated heterocycles. The molecule has 5 heteroatoms. The van der Waals surface area contributed by atoms with Crippen molar-refractivity contribution in [3.05, 3.63) is 29.8 Å². The summed E-state index contributed by atoms with van der Waals surface area (Å²) in [4.78, 5) is 13.4. The fraction of sp³-hybridized carbons (Fsp3) is 0.533. The predicted octanol–water partition coefficient (Wildman–Crippen LogP) is 2.82. The molecule has 0 saturated carbocycles. The van der Waals surface area contributed by atoms with Crippen LogP contribution in [0.3, 0.4) is 0 Å². The molecule has 0 spiro atoms. The summed E-state index contributed by atoms with van der Waals surface area (Å²) in [5.74, 6) is 1.24. The Hall–Kier alpha value is -0.770. The van der Waals surface area contributed by atoms with Crippen LogP contribution in [0.5, 0.6) is 0 Å². The maximum absolute atomic E-state index is 11.2. The first-order chi connectivity index (χ1) is 9.58. The van der Waals surface area contributed by atoms with Crippen LogP contribution >= 0.6 is 23.2 Å². The number of ketones is 1. The molecule has 1 atom stereocenters. The minimum absolute atomic E-state index is 0.0138. The highest BCUT2D eigenvalue weighted by molar-refractivity contribution is 6.18. The third kappa shape index (κ3) is 5.70. The summed E-state index contributed by atoms with van der Waals surface area (Å²) >= 11 is 11.6. The molecule has 1 aromatic carbocycles. The van der Waals surface area contributed by atoms with Crippen molar-refractivity contribution in [1.82, 2.24) is 0 Å². The molecule has 0 radical (unpaired) electrons. The molecule has 20 heavy (non-hydrogen) atoms. The van der Waals surface area contributed by atoms with Gasteiger partial charge in [-0.05, 0) is 37.5 Å². The van der Waals surface area contributed by atoms with E-state index in [0.29, 0.717) is 18.2 Å². The van der Waals surface area contributed by atoms with E-state index >= 15 is 0 Å². The molecule has 0 aromatic heterocycles. The highest BCUT2D eigenvalue weighted by Crippen LogP contribution is 2.17. The highest BCUT2D eigenvalue weighted by atomic mass is 35.5. The molecule has 0 aliphatic rings. The molecule has 0 heterocycles. The Morgan fingerprint density at radius 1 is 1.20 bits per heavy atom. The second-order valence-corrected chi connectivity index (χ2v) is 5.56. The molecule has 0 fully saturated rings. The van der Waals surface area contributed by atoms with E-state index in [1.807, 2.05) is 24.3 Å². The van der Waals surface area contributed by atoms with Crippen molar-refractivity contribution in [1.29, 1.82) is 0 Å². The van der Waals surface area contributed by atoms with Crippen LogP contribution in [0.4, 0.5) is 5.69 Å². The zero-order valence-electron chi connectivity index (χ0n) is 11.8. The van der Waals surface area contributed by atoms with Crippen LogP contribution in [-0.4, -0.2) is 36.7 Å². The lowest BCUT2D eigenvalue weighted by Gasteiger charge is -2.24. The lowest BCUT2D eigenvalue weighted by Crippen LogP contribution is -2.30. The van der Waals surface area contributed by atoms with Crippen molar-refractivity contribution >= 4 is 34.7 Å². The van der Waals surface area contributed by atoms with E-state index in [2.05, 4.69) is 4.90 Å². The summed E-state index contributed by atoms with van der Waals surface area (Å²) < 4.78 is 0. The quantitative estimate of drug-likeness (QED) is 0.713. The second kappa shape index (κ2) is 9.22. The predicted molar refractivity (Wildman–Crippen MR) is 87.1 cm³/mol. The third-order valence-corrected chi connectivity index (χ3v) is 3.63. The van der Waals surface area contributed by atoms with Gasteiger partial charge in [-0.15, -0.1) is 23.2 Å². The Morgan fingerprint density at radius 3 is 2.35 bits per heavy atom.